The molecule has 0 spiro atoms. The monoisotopic (exact) mass is 496 g/mol. The van der Waals surface area contributed by atoms with E-state index >= 15 is 0 Å². The standard InChI is InChI=1S/C23H32N2O6S2/c1-17(2)7-5-8-18(3)24-21(26)15-31-22(27)16-30-20-12-10-19(11-13-20)25(4)33(28,29)23-9-6-14-32-23/h6,9-14,17-18H,5,7-8,15-16H2,1-4H3,(H,24,26). The summed E-state index contributed by atoms with van der Waals surface area (Å²) in [6.45, 7) is 5.53. The van der Waals surface area contributed by atoms with E-state index in [2.05, 4.69) is 19.2 Å². The summed E-state index contributed by atoms with van der Waals surface area (Å²) in [6.07, 6.45) is 3.01. The molecule has 0 bridgehead atoms. The van der Waals surface area contributed by atoms with E-state index in [1.54, 1.807) is 41.8 Å². The van der Waals surface area contributed by atoms with Gasteiger partial charge in [-0.25, -0.2) is 13.2 Å². The number of benzene rings is 1. The molecule has 1 aromatic heterocycles. The molecule has 2 rings (SSSR count). The van der Waals surface area contributed by atoms with E-state index in [0.717, 1.165) is 30.6 Å². The van der Waals surface area contributed by atoms with Crippen LogP contribution in [0.25, 0.3) is 0 Å². The van der Waals surface area contributed by atoms with Crippen molar-refractivity contribution in [1.29, 1.82) is 0 Å². The molecule has 0 saturated heterocycles. The van der Waals surface area contributed by atoms with Gasteiger partial charge in [-0.3, -0.25) is 9.10 Å². The third kappa shape index (κ3) is 8.70. The fraction of sp³-hybridized carbons (Fsp3) is 0.478. The number of esters is 1. The van der Waals surface area contributed by atoms with E-state index < -0.39 is 16.0 Å². The molecule has 182 valence electrons. The van der Waals surface area contributed by atoms with Crippen LogP contribution in [0, 0.1) is 5.92 Å². The summed E-state index contributed by atoms with van der Waals surface area (Å²) in [6, 6.07) is 9.54. The van der Waals surface area contributed by atoms with Gasteiger partial charge < -0.3 is 14.8 Å². The summed E-state index contributed by atoms with van der Waals surface area (Å²) in [5.74, 6) is -0.00935. The molecule has 10 heteroatoms. The SMILES string of the molecule is CC(C)CCCC(C)NC(=O)COC(=O)COc1ccc(N(C)S(=O)(=O)c2cccs2)cc1. The van der Waals surface area contributed by atoms with Crippen LogP contribution < -0.4 is 14.4 Å². The Balaban J connectivity index is 1.74. The van der Waals surface area contributed by atoms with Crippen LogP contribution in [-0.4, -0.2) is 46.6 Å². The number of carbonyl (C=O) groups excluding carboxylic acids is 2. The van der Waals surface area contributed by atoms with Crippen LogP contribution in [-0.2, 0) is 24.3 Å². The number of carbonyl (C=O) groups is 2. The third-order valence-electron chi connectivity index (χ3n) is 4.86. The van der Waals surface area contributed by atoms with Crippen molar-refractivity contribution in [1.82, 2.24) is 5.32 Å². The molecule has 8 nitrogen and oxygen atoms in total. The molecule has 1 aromatic carbocycles. The summed E-state index contributed by atoms with van der Waals surface area (Å²) in [4.78, 5) is 23.8. The molecular weight excluding hydrogens is 464 g/mol. The fourth-order valence-corrected chi connectivity index (χ4v) is 5.34. The van der Waals surface area contributed by atoms with E-state index in [4.69, 9.17) is 9.47 Å². The zero-order chi connectivity index (χ0) is 24.4. The van der Waals surface area contributed by atoms with Gasteiger partial charge in [0, 0.05) is 13.1 Å². The highest BCUT2D eigenvalue weighted by Gasteiger charge is 2.22. The molecule has 1 N–H and O–H groups in total. The van der Waals surface area contributed by atoms with Crippen molar-refractivity contribution in [2.45, 2.75) is 50.3 Å². The number of sulfonamides is 1. The van der Waals surface area contributed by atoms with Crippen molar-refractivity contribution in [3.05, 3.63) is 41.8 Å². The summed E-state index contributed by atoms with van der Waals surface area (Å²) in [7, 11) is -2.15. The van der Waals surface area contributed by atoms with Crippen molar-refractivity contribution >= 4 is 38.9 Å². The first kappa shape index (κ1) is 26.7. The van der Waals surface area contributed by atoms with E-state index in [9.17, 15) is 18.0 Å². The molecule has 0 aliphatic carbocycles. The Labute approximate surface area is 199 Å². The van der Waals surface area contributed by atoms with Gasteiger partial charge in [0.15, 0.2) is 13.2 Å². The minimum Gasteiger partial charge on any atom is -0.482 e. The van der Waals surface area contributed by atoms with Gasteiger partial charge in [-0.05, 0) is 55.0 Å². The molecular formula is C23H32N2O6S2. The highest BCUT2D eigenvalue weighted by Crippen LogP contribution is 2.26. The number of nitrogens with zero attached hydrogens (tertiary/aromatic N) is 1. The summed E-state index contributed by atoms with van der Waals surface area (Å²) < 4.78 is 36.9. The van der Waals surface area contributed by atoms with Crippen molar-refractivity contribution in [2.75, 3.05) is 24.6 Å². The van der Waals surface area contributed by atoms with Crippen LogP contribution in [0.15, 0.2) is 46.0 Å². The van der Waals surface area contributed by atoms with E-state index in [-0.39, 0.29) is 29.4 Å². The maximum Gasteiger partial charge on any atom is 0.344 e. The normalized spacial score (nSPS) is 12.3. The maximum atomic E-state index is 12.6. The molecule has 0 saturated carbocycles. The number of thiophene rings is 1. The lowest BCUT2D eigenvalue weighted by Gasteiger charge is -2.18. The molecule has 33 heavy (non-hydrogen) atoms. The number of amides is 1. The molecule has 0 aliphatic heterocycles. The molecule has 1 unspecified atom stereocenters. The summed E-state index contributed by atoms with van der Waals surface area (Å²) >= 11 is 1.15. The smallest absolute Gasteiger partial charge is 0.344 e. The Kier molecular flexibility index (Phi) is 10.2. The van der Waals surface area contributed by atoms with E-state index in [1.807, 2.05) is 6.92 Å². The van der Waals surface area contributed by atoms with Gasteiger partial charge in [-0.1, -0.05) is 32.8 Å². The lowest BCUT2D eigenvalue weighted by atomic mass is 10.0. The molecule has 1 heterocycles. The van der Waals surface area contributed by atoms with Gasteiger partial charge in [0.1, 0.15) is 9.96 Å². The van der Waals surface area contributed by atoms with E-state index in [0.29, 0.717) is 17.4 Å². The minimum atomic E-state index is -3.62. The lowest BCUT2D eigenvalue weighted by molar-refractivity contribution is -0.150. The fourth-order valence-electron chi connectivity index (χ4n) is 2.99. The van der Waals surface area contributed by atoms with Gasteiger partial charge in [0.25, 0.3) is 15.9 Å². The largest absolute Gasteiger partial charge is 0.482 e. The Morgan fingerprint density at radius 2 is 1.76 bits per heavy atom. The third-order valence-corrected chi connectivity index (χ3v) is 8.02. The van der Waals surface area contributed by atoms with Crippen molar-refractivity contribution in [2.24, 2.45) is 5.92 Å². The second kappa shape index (κ2) is 12.6. The molecule has 0 fully saturated rings. The number of nitrogens with one attached hydrogen (secondary N) is 1. The predicted octanol–water partition coefficient (Wildman–Crippen LogP) is 3.83. The van der Waals surface area contributed by atoms with Crippen LogP contribution in [0.5, 0.6) is 5.75 Å². The highest BCUT2D eigenvalue weighted by molar-refractivity contribution is 7.94. The van der Waals surface area contributed by atoms with Gasteiger partial charge in [0.2, 0.25) is 0 Å². The van der Waals surface area contributed by atoms with Crippen molar-refractivity contribution in [3.63, 3.8) is 0 Å². The Morgan fingerprint density at radius 3 is 2.36 bits per heavy atom. The van der Waals surface area contributed by atoms with Crippen LogP contribution in [0.2, 0.25) is 0 Å². The van der Waals surface area contributed by atoms with Crippen LogP contribution in [0.1, 0.15) is 40.0 Å². The molecule has 1 atom stereocenters. The van der Waals surface area contributed by atoms with Crippen molar-refractivity contribution < 1.29 is 27.5 Å². The van der Waals surface area contributed by atoms with Gasteiger partial charge in [0.05, 0.1) is 5.69 Å². The first-order valence-electron chi connectivity index (χ1n) is 10.8. The molecule has 0 aliphatic rings. The molecule has 1 amide bonds. The zero-order valence-electron chi connectivity index (χ0n) is 19.4. The number of ether oxygens (including phenoxy) is 2. The van der Waals surface area contributed by atoms with Crippen molar-refractivity contribution in [3.8, 4) is 5.75 Å². The molecule has 0 radical (unpaired) electrons. The number of anilines is 1. The Hall–Kier alpha value is -2.59. The lowest BCUT2D eigenvalue weighted by Crippen LogP contribution is -2.36. The number of rotatable bonds is 13. The minimum absolute atomic E-state index is 0.0199. The Bertz CT molecular complexity index is 988. The first-order chi connectivity index (χ1) is 15.6. The Morgan fingerprint density at radius 1 is 1.06 bits per heavy atom. The average Bonchev–Trinajstić information content (AvgIpc) is 3.32. The summed E-state index contributed by atoms with van der Waals surface area (Å²) in [5.41, 5.74) is 0.456. The van der Waals surface area contributed by atoms with Gasteiger partial charge in [-0.15, -0.1) is 11.3 Å². The quantitative estimate of drug-likeness (QED) is 0.423. The predicted molar refractivity (Wildman–Crippen MR) is 129 cm³/mol. The van der Waals surface area contributed by atoms with Gasteiger partial charge >= 0.3 is 5.97 Å². The first-order valence-corrected chi connectivity index (χ1v) is 13.1. The van der Waals surface area contributed by atoms with E-state index in [1.165, 1.54) is 11.4 Å². The second-order valence-corrected chi connectivity index (χ2v) is 11.3. The maximum absolute atomic E-state index is 12.6. The number of hydrogen-bond donors (Lipinski definition) is 1. The molecule has 2 aromatic rings. The average molecular weight is 497 g/mol. The number of hydrogen-bond acceptors (Lipinski definition) is 7. The van der Waals surface area contributed by atoms with Crippen LogP contribution >= 0.6 is 11.3 Å². The van der Waals surface area contributed by atoms with Crippen LogP contribution in [0.4, 0.5) is 5.69 Å². The highest BCUT2D eigenvalue weighted by atomic mass is 32.2. The topological polar surface area (TPSA) is 102 Å². The van der Waals surface area contributed by atoms with Crippen LogP contribution in [0.3, 0.4) is 0 Å². The second-order valence-electron chi connectivity index (χ2n) is 8.14. The van der Waals surface area contributed by atoms with Gasteiger partial charge in [-0.2, -0.15) is 0 Å². The summed E-state index contributed by atoms with van der Waals surface area (Å²) in [5, 5.41) is 4.52. The zero-order valence-corrected chi connectivity index (χ0v) is 21.1.